The summed E-state index contributed by atoms with van der Waals surface area (Å²) in [5.41, 5.74) is 7.12. The van der Waals surface area contributed by atoms with Crippen molar-refractivity contribution in [2.24, 2.45) is 5.73 Å². The van der Waals surface area contributed by atoms with E-state index in [0.29, 0.717) is 11.5 Å². The third kappa shape index (κ3) is 3.75. The first-order chi connectivity index (χ1) is 9.53. The highest BCUT2D eigenvalue weighted by Crippen LogP contribution is 2.34. The lowest BCUT2D eigenvalue weighted by atomic mass is 10.1. The molecule has 0 unspecified atom stereocenters. The van der Waals surface area contributed by atoms with Crippen LogP contribution in [0.1, 0.15) is 10.4 Å². The van der Waals surface area contributed by atoms with Gasteiger partial charge in [0.1, 0.15) is 5.75 Å². The molecule has 1 rings (SSSR count). The minimum absolute atomic E-state index is 0.162. The fourth-order valence-corrected chi connectivity index (χ4v) is 1.43. The van der Waals surface area contributed by atoms with Crippen LogP contribution in [-0.2, 0) is 9.63 Å². The van der Waals surface area contributed by atoms with E-state index in [1.165, 1.54) is 33.5 Å². The molecule has 8 heteroatoms. The van der Waals surface area contributed by atoms with Gasteiger partial charge in [-0.1, -0.05) is 0 Å². The number of rotatable bonds is 7. The van der Waals surface area contributed by atoms with Crippen molar-refractivity contribution >= 4 is 11.8 Å². The Labute approximate surface area is 115 Å². The van der Waals surface area contributed by atoms with E-state index in [4.69, 9.17) is 19.9 Å². The van der Waals surface area contributed by atoms with Crippen LogP contribution in [-0.4, -0.2) is 39.8 Å². The number of carbonyl (C=O) groups is 2. The lowest BCUT2D eigenvalue weighted by molar-refractivity contribution is -0.124. The molecule has 0 fully saturated rings. The van der Waals surface area contributed by atoms with Crippen LogP contribution in [0.25, 0.3) is 0 Å². The van der Waals surface area contributed by atoms with Crippen molar-refractivity contribution < 1.29 is 28.6 Å². The number of hydrogen-bond donors (Lipinski definition) is 2. The SMILES string of the molecule is COc1cc(OC)c(C(=O)NOCC(N)=O)cc1OC. The highest BCUT2D eigenvalue weighted by Gasteiger charge is 2.18. The number of nitrogens with two attached hydrogens (primary N) is 1. The van der Waals surface area contributed by atoms with Gasteiger partial charge in [0, 0.05) is 12.1 Å². The summed E-state index contributed by atoms with van der Waals surface area (Å²) in [6.07, 6.45) is 0. The normalized spacial score (nSPS) is 9.75. The van der Waals surface area contributed by atoms with E-state index in [2.05, 4.69) is 10.3 Å². The Morgan fingerprint density at radius 1 is 1.05 bits per heavy atom. The molecule has 8 nitrogen and oxygen atoms in total. The average molecular weight is 284 g/mol. The van der Waals surface area contributed by atoms with Crippen molar-refractivity contribution in [1.29, 1.82) is 0 Å². The lowest BCUT2D eigenvalue weighted by Gasteiger charge is -2.13. The fourth-order valence-electron chi connectivity index (χ4n) is 1.43. The van der Waals surface area contributed by atoms with Crippen LogP contribution >= 0.6 is 0 Å². The largest absolute Gasteiger partial charge is 0.496 e. The summed E-state index contributed by atoms with van der Waals surface area (Å²) in [4.78, 5) is 27.1. The molecule has 1 aromatic carbocycles. The minimum Gasteiger partial charge on any atom is -0.496 e. The molecule has 2 amide bonds. The monoisotopic (exact) mass is 284 g/mol. The third-order valence-corrected chi connectivity index (χ3v) is 2.33. The Kier molecular flexibility index (Phi) is 5.60. The van der Waals surface area contributed by atoms with E-state index in [1.807, 2.05) is 0 Å². The van der Waals surface area contributed by atoms with E-state index < -0.39 is 18.4 Å². The third-order valence-electron chi connectivity index (χ3n) is 2.33. The first-order valence-corrected chi connectivity index (χ1v) is 5.54. The van der Waals surface area contributed by atoms with E-state index in [0.717, 1.165) is 0 Å². The number of hydrogen-bond acceptors (Lipinski definition) is 6. The Morgan fingerprint density at radius 2 is 1.60 bits per heavy atom. The molecular formula is C12H16N2O6. The summed E-state index contributed by atoms with van der Waals surface area (Å²) in [5, 5.41) is 0. The Bertz CT molecular complexity index is 503. The van der Waals surface area contributed by atoms with Crippen molar-refractivity contribution in [3.8, 4) is 17.2 Å². The van der Waals surface area contributed by atoms with Gasteiger partial charge in [-0.15, -0.1) is 0 Å². The van der Waals surface area contributed by atoms with E-state index in [9.17, 15) is 9.59 Å². The number of nitrogens with one attached hydrogen (secondary N) is 1. The number of hydroxylamine groups is 1. The van der Waals surface area contributed by atoms with Gasteiger partial charge in [-0.2, -0.15) is 0 Å². The molecule has 0 saturated carbocycles. The molecule has 0 radical (unpaired) electrons. The summed E-state index contributed by atoms with van der Waals surface area (Å²) in [5.74, 6) is -0.274. The summed E-state index contributed by atoms with van der Waals surface area (Å²) < 4.78 is 15.3. The summed E-state index contributed by atoms with van der Waals surface area (Å²) in [6, 6.07) is 2.93. The van der Waals surface area contributed by atoms with Crippen LogP contribution in [0.2, 0.25) is 0 Å². The molecule has 0 aromatic heterocycles. The zero-order valence-corrected chi connectivity index (χ0v) is 11.4. The van der Waals surface area contributed by atoms with Crippen LogP contribution in [0.15, 0.2) is 12.1 Å². The fraction of sp³-hybridized carbons (Fsp3) is 0.333. The topological polar surface area (TPSA) is 109 Å². The number of amides is 2. The van der Waals surface area contributed by atoms with E-state index >= 15 is 0 Å². The van der Waals surface area contributed by atoms with Gasteiger partial charge in [-0.25, -0.2) is 5.48 Å². The molecule has 20 heavy (non-hydrogen) atoms. The van der Waals surface area contributed by atoms with Gasteiger partial charge in [-0.3, -0.25) is 14.4 Å². The Morgan fingerprint density at radius 3 is 2.10 bits per heavy atom. The van der Waals surface area contributed by atoms with Gasteiger partial charge in [0.25, 0.3) is 5.91 Å². The molecule has 3 N–H and O–H groups in total. The van der Waals surface area contributed by atoms with Crippen molar-refractivity contribution in [2.75, 3.05) is 27.9 Å². The van der Waals surface area contributed by atoms with Gasteiger partial charge < -0.3 is 19.9 Å². The first-order valence-electron chi connectivity index (χ1n) is 5.54. The second kappa shape index (κ2) is 7.19. The lowest BCUT2D eigenvalue weighted by Crippen LogP contribution is -2.29. The molecular weight excluding hydrogens is 268 g/mol. The van der Waals surface area contributed by atoms with Crippen molar-refractivity contribution in [3.05, 3.63) is 17.7 Å². The molecule has 0 aliphatic rings. The molecule has 0 aliphatic heterocycles. The van der Waals surface area contributed by atoms with Crippen molar-refractivity contribution in [3.63, 3.8) is 0 Å². The molecule has 0 saturated heterocycles. The van der Waals surface area contributed by atoms with Crippen LogP contribution in [0, 0.1) is 0 Å². The Hall–Kier alpha value is -2.48. The van der Waals surface area contributed by atoms with Crippen molar-refractivity contribution in [2.45, 2.75) is 0 Å². The van der Waals surface area contributed by atoms with E-state index in [-0.39, 0.29) is 11.3 Å². The van der Waals surface area contributed by atoms with Crippen LogP contribution in [0.5, 0.6) is 17.2 Å². The molecule has 0 bridgehead atoms. The van der Waals surface area contributed by atoms with Gasteiger partial charge in [0.15, 0.2) is 18.1 Å². The maximum atomic E-state index is 11.9. The predicted octanol–water partition coefficient (Wildman–Crippen LogP) is -0.141. The predicted molar refractivity (Wildman–Crippen MR) is 68.7 cm³/mol. The zero-order chi connectivity index (χ0) is 15.1. The summed E-state index contributed by atoms with van der Waals surface area (Å²) in [7, 11) is 4.31. The second-order valence-corrected chi connectivity index (χ2v) is 3.59. The van der Waals surface area contributed by atoms with Crippen LogP contribution in [0.4, 0.5) is 0 Å². The van der Waals surface area contributed by atoms with Gasteiger partial charge >= 0.3 is 0 Å². The highest BCUT2D eigenvalue weighted by atomic mass is 16.7. The number of primary amides is 1. The summed E-state index contributed by atoms with van der Waals surface area (Å²) >= 11 is 0. The number of carbonyl (C=O) groups excluding carboxylic acids is 2. The standard InChI is InChI=1S/C12H16N2O6/c1-17-8-5-10(19-3)9(18-2)4-7(8)12(16)14-20-6-11(13)15/h4-5H,6H2,1-3H3,(H2,13,15)(H,14,16). The van der Waals surface area contributed by atoms with Crippen molar-refractivity contribution in [1.82, 2.24) is 5.48 Å². The van der Waals surface area contributed by atoms with Crippen LogP contribution < -0.4 is 25.4 Å². The van der Waals surface area contributed by atoms with Gasteiger partial charge in [-0.05, 0) is 0 Å². The summed E-state index contributed by atoms with van der Waals surface area (Å²) in [6.45, 7) is -0.429. The average Bonchev–Trinajstić information content (AvgIpc) is 2.45. The zero-order valence-electron chi connectivity index (χ0n) is 11.4. The molecule has 110 valence electrons. The number of ether oxygens (including phenoxy) is 3. The molecule has 0 heterocycles. The van der Waals surface area contributed by atoms with Gasteiger partial charge in [0.05, 0.1) is 26.9 Å². The first kappa shape index (κ1) is 15.6. The minimum atomic E-state index is -0.704. The smallest absolute Gasteiger partial charge is 0.278 e. The molecule has 0 aliphatic carbocycles. The number of benzene rings is 1. The van der Waals surface area contributed by atoms with E-state index in [1.54, 1.807) is 0 Å². The Balaban J connectivity index is 2.97. The molecule has 0 atom stereocenters. The maximum absolute atomic E-state index is 11.9. The second-order valence-electron chi connectivity index (χ2n) is 3.59. The molecule has 0 spiro atoms. The molecule has 1 aromatic rings. The number of methoxy groups -OCH3 is 3. The maximum Gasteiger partial charge on any atom is 0.278 e. The highest BCUT2D eigenvalue weighted by molar-refractivity contribution is 5.97. The van der Waals surface area contributed by atoms with Crippen LogP contribution in [0.3, 0.4) is 0 Å². The quantitative estimate of drug-likeness (QED) is 0.674. The van der Waals surface area contributed by atoms with Gasteiger partial charge in [0.2, 0.25) is 5.91 Å².